The van der Waals surface area contributed by atoms with Crippen LogP contribution in [0.4, 0.5) is 10.3 Å². The molecule has 1 amide bonds. The predicted octanol–water partition coefficient (Wildman–Crippen LogP) is 2.98. The molecule has 3 aromatic rings. The number of ether oxygens (including phenoxy) is 1. The number of carbonyl (C=O) groups is 1. The van der Waals surface area contributed by atoms with Crippen molar-refractivity contribution in [2.45, 2.75) is 13.0 Å². The van der Waals surface area contributed by atoms with Gasteiger partial charge in [0.2, 0.25) is 5.95 Å². The number of nitrogens with zero attached hydrogens (tertiary/aromatic N) is 5. The maximum absolute atomic E-state index is 14.9. The number of halogens is 2. The Morgan fingerprint density at radius 3 is 2.85 bits per heavy atom. The summed E-state index contributed by atoms with van der Waals surface area (Å²) in [4.78, 5) is 23.8. The van der Waals surface area contributed by atoms with Gasteiger partial charge in [-0.2, -0.15) is 5.10 Å². The van der Waals surface area contributed by atoms with E-state index in [9.17, 15) is 9.18 Å². The first-order valence-corrected chi connectivity index (χ1v) is 10.7. The molecule has 0 saturated carbocycles. The Labute approximate surface area is 195 Å². The van der Waals surface area contributed by atoms with Gasteiger partial charge in [0.25, 0.3) is 5.91 Å². The first kappa shape index (κ1) is 22.7. The van der Waals surface area contributed by atoms with Crippen LogP contribution >= 0.6 is 11.6 Å². The second-order valence-corrected chi connectivity index (χ2v) is 7.86. The number of aromatic nitrogens is 4. The zero-order chi connectivity index (χ0) is 23.5. The molecule has 0 bridgehead atoms. The fourth-order valence-electron chi connectivity index (χ4n) is 3.63. The van der Waals surface area contributed by atoms with Gasteiger partial charge in [-0.3, -0.25) is 9.48 Å². The fourth-order valence-corrected chi connectivity index (χ4v) is 3.79. The molecule has 0 unspecified atom stereocenters. The summed E-state index contributed by atoms with van der Waals surface area (Å²) in [5.74, 6) is 4.93. The molecule has 0 aliphatic carbocycles. The summed E-state index contributed by atoms with van der Waals surface area (Å²) in [5.41, 5.74) is 1.66. The van der Waals surface area contributed by atoms with Gasteiger partial charge in [0.05, 0.1) is 30.6 Å². The predicted molar refractivity (Wildman–Crippen MR) is 122 cm³/mol. The van der Waals surface area contributed by atoms with E-state index in [0.717, 1.165) is 5.56 Å². The van der Waals surface area contributed by atoms with E-state index in [1.807, 2.05) is 18.1 Å². The van der Waals surface area contributed by atoms with Gasteiger partial charge < -0.3 is 15.0 Å². The lowest BCUT2D eigenvalue weighted by Gasteiger charge is -2.33. The highest BCUT2D eigenvalue weighted by atomic mass is 35.5. The van der Waals surface area contributed by atoms with Crippen molar-refractivity contribution in [3.05, 3.63) is 58.3 Å². The Hall–Kier alpha value is -3.48. The number of nitrogens with one attached hydrogen (secondary N) is 1. The molecule has 2 aromatic heterocycles. The van der Waals surface area contributed by atoms with Gasteiger partial charge in [-0.05, 0) is 25.1 Å². The molecule has 1 saturated heterocycles. The fraction of sp³-hybridized carbons (Fsp3) is 0.304. The molecule has 1 aliphatic rings. The SMILES string of the molecule is CC#Cc1c(C(=O)NC)nc(N2CCO[C@@H](c3cnn(C)c3)C2)nc1-c1ccc(Cl)cc1F. The van der Waals surface area contributed by atoms with Crippen LogP contribution < -0.4 is 10.2 Å². The number of carbonyl (C=O) groups excluding carboxylic acids is 1. The molecule has 170 valence electrons. The quantitative estimate of drug-likeness (QED) is 0.592. The van der Waals surface area contributed by atoms with E-state index >= 15 is 0 Å². The lowest BCUT2D eigenvalue weighted by Crippen LogP contribution is -2.40. The molecule has 1 N–H and O–H groups in total. The number of amides is 1. The summed E-state index contributed by atoms with van der Waals surface area (Å²) >= 11 is 5.94. The third kappa shape index (κ3) is 4.67. The highest BCUT2D eigenvalue weighted by molar-refractivity contribution is 6.30. The molecule has 1 aromatic carbocycles. The van der Waals surface area contributed by atoms with Crippen molar-refractivity contribution < 1.29 is 13.9 Å². The number of hydrogen-bond donors (Lipinski definition) is 1. The van der Waals surface area contributed by atoms with Crippen LogP contribution in [-0.4, -0.2) is 52.4 Å². The minimum atomic E-state index is -0.565. The van der Waals surface area contributed by atoms with E-state index in [0.29, 0.717) is 19.7 Å². The van der Waals surface area contributed by atoms with Crippen molar-refractivity contribution in [3.8, 4) is 23.1 Å². The van der Waals surface area contributed by atoms with E-state index in [-0.39, 0.29) is 39.6 Å². The maximum Gasteiger partial charge on any atom is 0.271 e. The van der Waals surface area contributed by atoms with Gasteiger partial charge in [0.1, 0.15) is 17.6 Å². The average Bonchev–Trinajstić information content (AvgIpc) is 3.25. The van der Waals surface area contributed by atoms with Crippen LogP contribution in [0.1, 0.15) is 34.6 Å². The van der Waals surface area contributed by atoms with Crippen molar-refractivity contribution in [3.63, 3.8) is 0 Å². The van der Waals surface area contributed by atoms with Crippen LogP contribution in [0.3, 0.4) is 0 Å². The lowest BCUT2D eigenvalue weighted by atomic mass is 10.0. The normalized spacial score (nSPS) is 15.7. The Morgan fingerprint density at radius 1 is 1.36 bits per heavy atom. The molecule has 10 heteroatoms. The van der Waals surface area contributed by atoms with Crippen molar-refractivity contribution in [1.82, 2.24) is 25.1 Å². The van der Waals surface area contributed by atoms with E-state index in [1.165, 1.54) is 19.2 Å². The number of hydrogen-bond acceptors (Lipinski definition) is 6. The summed E-state index contributed by atoms with van der Waals surface area (Å²) in [7, 11) is 3.34. The van der Waals surface area contributed by atoms with Crippen LogP contribution in [0.2, 0.25) is 5.02 Å². The second-order valence-electron chi connectivity index (χ2n) is 7.43. The first-order valence-electron chi connectivity index (χ1n) is 10.3. The average molecular weight is 469 g/mol. The highest BCUT2D eigenvalue weighted by Gasteiger charge is 2.28. The molecule has 1 atom stereocenters. The number of rotatable bonds is 4. The largest absolute Gasteiger partial charge is 0.370 e. The van der Waals surface area contributed by atoms with Gasteiger partial charge in [-0.25, -0.2) is 14.4 Å². The molecular formula is C23H22ClFN6O2. The molecule has 8 nitrogen and oxygen atoms in total. The number of benzene rings is 1. The van der Waals surface area contributed by atoms with E-state index in [2.05, 4.69) is 32.2 Å². The van der Waals surface area contributed by atoms with Crippen molar-refractivity contribution in [2.75, 3.05) is 31.6 Å². The smallest absolute Gasteiger partial charge is 0.271 e. The molecule has 0 spiro atoms. The van der Waals surface area contributed by atoms with Gasteiger partial charge in [0.15, 0.2) is 0 Å². The standard InChI is InChI=1S/C23H22ClFN6O2/c1-4-5-17-20(16-7-6-15(24)10-18(16)25)28-23(29-21(17)22(32)26-2)31-8-9-33-19(13-31)14-11-27-30(3)12-14/h6-7,10-12,19H,8-9,13H2,1-3H3,(H,26,32)/t19-/m1/s1. The molecule has 0 radical (unpaired) electrons. The van der Waals surface area contributed by atoms with Crippen molar-refractivity contribution in [1.29, 1.82) is 0 Å². The van der Waals surface area contributed by atoms with Crippen LogP contribution in [-0.2, 0) is 11.8 Å². The Morgan fingerprint density at radius 2 is 2.18 bits per heavy atom. The lowest BCUT2D eigenvalue weighted by molar-refractivity contribution is 0.0392. The summed E-state index contributed by atoms with van der Waals surface area (Å²) in [5, 5.41) is 7.05. The van der Waals surface area contributed by atoms with Gasteiger partial charge in [-0.1, -0.05) is 17.5 Å². The summed E-state index contributed by atoms with van der Waals surface area (Å²) < 4.78 is 22.5. The maximum atomic E-state index is 14.9. The molecule has 1 aliphatic heterocycles. The van der Waals surface area contributed by atoms with E-state index in [1.54, 1.807) is 23.9 Å². The monoisotopic (exact) mass is 468 g/mol. The molecule has 1 fully saturated rings. The van der Waals surface area contributed by atoms with Crippen LogP contribution in [0.25, 0.3) is 11.3 Å². The van der Waals surface area contributed by atoms with Gasteiger partial charge in [0, 0.05) is 43.0 Å². The first-order chi connectivity index (χ1) is 15.9. The zero-order valence-corrected chi connectivity index (χ0v) is 19.1. The number of anilines is 1. The van der Waals surface area contributed by atoms with Crippen LogP contribution in [0.15, 0.2) is 30.6 Å². The molecular weight excluding hydrogens is 447 g/mol. The topological polar surface area (TPSA) is 85.2 Å². The number of morpholine rings is 1. The minimum absolute atomic E-state index is 0.0746. The highest BCUT2D eigenvalue weighted by Crippen LogP contribution is 2.31. The third-order valence-electron chi connectivity index (χ3n) is 5.22. The van der Waals surface area contributed by atoms with Crippen molar-refractivity contribution >= 4 is 23.5 Å². The van der Waals surface area contributed by atoms with E-state index < -0.39 is 11.7 Å². The van der Waals surface area contributed by atoms with Crippen LogP contribution in [0, 0.1) is 17.7 Å². The van der Waals surface area contributed by atoms with Crippen LogP contribution in [0.5, 0.6) is 0 Å². The zero-order valence-electron chi connectivity index (χ0n) is 18.4. The Kier molecular flexibility index (Phi) is 6.58. The van der Waals surface area contributed by atoms with Gasteiger partial charge in [-0.15, -0.1) is 5.92 Å². The van der Waals surface area contributed by atoms with Gasteiger partial charge >= 0.3 is 0 Å². The summed E-state index contributed by atoms with van der Waals surface area (Å²) in [6.07, 6.45) is 3.39. The molecule has 4 rings (SSSR count). The summed E-state index contributed by atoms with van der Waals surface area (Å²) in [6.45, 7) is 3.01. The molecule has 33 heavy (non-hydrogen) atoms. The molecule has 3 heterocycles. The Balaban J connectivity index is 1.84. The number of aryl methyl sites for hydroxylation is 1. The van der Waals surface area contributed by atoms with E-state index in [4.69, 9.17) is 16.3 Å². The summed E-state index contributed by atoms with van der Waals surface area (Å²) in [6, 6.07) is 4.29. The minimum Gasteiger partial charge on any atom is -0.370 e. The van der Waals surface area contributed by atoms with Crippen molar-refractivity contribution in [2.24, 2.45) is 7.05 Å². The second kappa shape index (κ2) is 9.57. The Bertz CT molecular complexity index is 1270. The third-order valence-corrected chi connectivity index (χ3v) is 5.46.